The molecule has 0 fully saturated rings. The van der Waals surface area contributed by atoms with Crippen LogP contribution in [0.15, 0.2) is 41.1 Å². The second-order valence-electron chi connectivity index (χ2n) is 3.40. The van der Waals surface area contributed by atoms with E-state index in [-0.39, 0.29) is 0 Å². The summed E-state index contributed by atoms with van der Waals surface area (Å²) >= 11 is 9.26. The summed E-state index contributed by atoms with van der Waals surface area (Å²) in [5.74, 6) is 1.29. The molecule has 17 heavy (non-hydrogen) atoms. The Morgan fingerprint density at radius 3 is 2.82 bits per heavy atom. The average molecular weight is 314 g/mol. The van der Waals surface area contributed by atoms with Gasteiger partial charge >= 0.3 is 0 Å². The molecule has 2 rings (SSSR count). The van der Waals surface area contributed by atoms with E-state index < -0.39 is 0 Å². The second kappa shape index (κ2) is 5.49. The zero-order valence-electron chi connectivity index (χ0n) is 8.86. The van der Waals surface area contributed by atoms with Gasteiger partial charge in [0.05, 0.1) is 6.20 Å². The molecule has 2 aromatic rings. The monoisotopic (exact) mass is 312 g/mol. The Labute approximate surface area is 113 Å². The number of aromatic nitrogens is 1. The molecule has 0 saturated heterocycles. The van der Waals surface area contributed by atoms with Gasteiger partial charge in [-0.1, -0.05) is 17.7 Å². The van der Waals surface area contributed by atoms with Crippen molar-refractivity contribution >= 4 is 27.5 Å². The van der Waals surface area contributed by atoms with E-state index in [4.69, 9.17) is 22.1 Å². The van der Waals surface area contributed by atoms with E-state index >= 15 is 0 Å². The minimum Gasteiger partial charge on any atom is -0.455 e. The van der Waals surface area contributed by atoms with Gasteiger partial charge in [0.1, 0.15) is 11.5 Å². The number of pyridine rings is 1. The van der Waals surface area contributed by atoms with Crippen LogP contribution >= 0.6 is 27.5 Å². The molecule has 0 aliphatic carbocycles. The summed E-state index contributed by atoms with van der Waals surface area (Å²) in [4.78, 5) is 4.02. The largest absolute Gasteiger partial charge is 0.455 e. The number of nitrogens with zero attached hydrogens (tertiary/aromatic N) is 1. The normalized spacial score (nSPS) is 10.3. The van der Waals surface area contributed by atoms with Gasteiger partial charge in [0.15, 0.2) is 0 Å². The molecule has 0 amide bonds. The highest BCUT2D eigenvalue weighted by Gasteiger charge is 2.05. The van der Waals surface area contributed by atoms with Crippen LogP contribution in [0.2, 0.25) is 5.02 Å². The number of nitrogens with two attached hydrogens (primary N) is 1. The third kappa shape index (κ3) is 3.19. The molecule has 5 heteroatoms. The van der Waals surface area contributed by atoms with Gasteiger partial charge in [-0.25, -0.2) is 0 Å². The summed E-state index contributed by atoms with van der Waals surface area (Å²) in [5.41, 5.74) is 6.53. The molecule has 0 bridgehead atoms. The Morgan fingerprint density at radius 2 is 2.12 bits per heavy atom. The topological polar surface area (TPSA) is 48.1 Å². The number of rotatable bonds is 3. The van der Waals surface area contributed by atoms with Crippen molar-refractivity contribution in [1.29, 1.82) is 0 Å². The molecule has 0 radical (unpaired) electrons. The molecule has 0 spiro atoms. The molecular weight excluding hydrogens is 304 g/mol. The zero-order valence-corrected chi connectivity index (χ0v) is 11.2. The fourth-order valence-corrected chi connectivity index (χ4v) is 1.87. The van der Waals surface area contributed by atoms with Crippen LogP contribution in [0.3, 0.4) is 0 Å². The van der Waals surface area contributed by atoms with E-state index in [1.54, 1.807) is 24.5 Å². The molecule has 0 unspecified atom stereocenters. The van der Waals surface area contributed by atoms with Gasteiger partial charge in [-0.05, 0) is 34.1 Å². The van der Waals surface area contributed by atoms with Crippen molar-refractivity contribution in [3.63, 3.8) is 0 Å². The van der Waals surface area contributed by atoms with Crippen LogP contribution in [-0.4, -0.2) is 4.98 Å². The first kappa shape index (κ1) is 12.4. The third-order valence-electron chi connectivity index (χ3n) is 2.16. The highest BCUT2D eigenvalue weighted by Crippen LogP contribution is 2.28. The quantitative estimate of drug-likeness (QED) is 0.939. The maximum atomic E-state index is 5.93. The van der Waals surface area contributed by atoms with Crippen LogP contribution in [0, 0.1) is 0 Å². The highest BCUT2D eigenvalue weighted by atomic mass is 79.9. The fourth-order valence-electron chi connectivity index (χ4n) is 1.37. The maximum Gasteiger partial charge on any atom is 0.146 e. The van der Waals surface area contributed by atoms with E-state index in [0.717, 1.165) is 10.0 Å². The first-order valence-corrected chi connectivity index (χ1v) is 6.13. The number of hydrogen-bond donors (Lipinski definition) is 1. The van der Waals surface area contributed by atoms with Gasteiger partial charge in [0.2, 0.25) is 0 Å². The van der Waals surface area contributed by atoms with E-state index in [1.807, 2.05) is 12.1 Å². The van der Waals surface area contributed by atoms with Gasteiger partial charge in [-0.15, -0.1) is 0 Å². The molecule has 1 aromatic carbocycles. The number of ether oxygens (including phenoxy) is 1. The SMILES string of the molecule is NCc1ccc(Cl)cc1Oc1cncc(Br)c1. The zero-order chi connectivity index (χ0) is 12.3. The molecule has 3 nitrogen and oxygen atoms in total. The second-order valence-corrected chi connectivity index (χ2v) is 4.75. The summed E-state index contributed by atoms with van der Waals surface area (Å²) in [6, 6.07) is 7.21. The van der Waals surface area contributed by atoms with Gasteiger partial charge in [-0.3, -0.25) is 4.98 Å². The van der Waals surface area contributed by atoms with E-state index in [2.05, 4.69) is 20.9 Å². The standard InChI is InChI=1S/C12H10BrClN2O/c13-9-3-11(7-16-6-9)17-12-4-10(14)2-1-8(12)5-15/h1-4,6-7H,5,15H2. The van der Waals surface area contributed by atoms with Crippen molar-refractivity contribution in [2.45, 2.75) is 6.54 Å². The molecule has 0 aliphatic rings. The summed E-state index contributed by atoms with van der Waals surface area (Å²) < 4.78 is 6.56. The Hall–Kier alpha value is -1.10. The fraction of sp³-hybridized carbons (Fsp3) is 0.0833. The van der Waals surface area contributed by atoms with Crippen molar-refractivity contribution < 1.29 is 4.74 Å². The Bertz CT molecular complexity index is 534. The number of halogens is 2. The first-order chi connectivity index (χ1) is 8.19. The van der Waals surface area contributed by atoms with Crippen molar-refractivity contribution in [1.82, 2.24) is 4.98 Å². The molecule has 0 saturated carbocycles. The summed E-state index contributed by atoms with van der Waals surface area (Å²) in [5, 5.41) is 0.611. The lowest BCUT2D eigenvalue weighted by Gasteiger charge is -2.10. The van der Waals surface area contributed by atoms with Gasteiger partial charge in [-0.2, -0.15) is 0 Å². The summed E-state index contributed by atoms with van der Waals surface area (Å²) in [6.07, 6.45) is 3.32. The van der Waals surface area contributed by atoms with Crippen LogP contribution in [-0.2, 0) is 6.54 Å². The minimum absolute atomic E-state index is 0.397. The molecule has 88 valence electrons. The number of benzene rings is 1. The van der Waals surface area contributed by atoms with Gasteiger partial charge < -0.3 is 10.5 Å². The van der Waals surface area contributed by atoms with Crippen LogP contribution in [0.5, 0.6) is 11.5 Å². The molecule has 0 aliphatic heterocycles. The molecule has 2 N–H and O–H groups in total. The van der Waals surface area contributed by atoms with E-state index in [1.165, 1.54) is 0 Å². The molecule has 1 heterocycles. The van der Waals surface area contributed by atoms with E-state index in [0.29, 0.717) is 23.1 Å². The highest BCUT2D eigenvalue weighted by molar-refractivity contribution is 9.10. The third-order valence-corrected chi connectivity index (χ3v) is 2.83. The Kier molecular flexibility index (Phi) is 3.99. The lowest BCUT2D eigenvalue weighted by atomic mass is 10.2. The average Bonchev–Trinajstić information content (AvgIpc) is 2.29. The predicted octanol–water partition coefficient (Wildman–Crippen LogP) is 3.75. The Balaban J connectivity index is 2.32. The van der Waals surface area contributed by atoms with Crippen molar-refractivity contribution in [3.05, 3.63) is 51.7 Å². The first-order valence-electron chi connectivity index (χ1n) is 4.96. The predicted molar refractivity (Wildman–Crippen MR) is 71.4 cm³/mol. The van der Waals surface area contributed by atoms with Crippen LogP contribution in [0.1, 0.15) is 5.56 Å². The smallest absolute Gasteiger partial charge is 0.146 e. The van der Waals surface area contributed by atoms with Crippen LogP contribution < -0.4 is 10.5 Å². The van der Waals surface area contributed by atoms with Crippen LogP contribution in [0.25, 0.3) is 0 Å². The Morgan fingerprint density at radius 1 is 1.29 bits per heavy atom. The lowest BCUT2D eigenvalue weighted by Crippen LogP contribution is -1.99. The number of hydrogen-bond acceptors (Lipinski definition) is 3. The van der Waals surface area contributed by atoms with Gasteiger partial charge in [0.25, 0.3) is 0 Å². The van der Waals surface area contributed by atoms with Crippen LogP contribution in [0.4, 0.5) is 0 Å². The molecule has 1 aromatic heterocycles. The van der Waals surface area contributed by atoms with Gasteiger partial charge in [0, 0.05) is 27.8 Å². The van der Waals surface area contributed by atoms with Crippen molar-refractivity contribution in [3.8, 4) is 11.5 Å². The lowest BCUT2D eigenvalue weighted by molar-refractivity contribution is 0.474. The maximum absolute atomic E-state index is 5.93. The van der Waals surface area contributed by atoms with E-state index in [9.17, 15) is 0 Å². The molecular formula is C12H10BrClN2O. The van der Waals surface area contributed by atoms with Crippen molar-refractivity contribution in [2.24, 2.45) is 5.73 Å². The summed E-state index contributed by atoms with van der Waals surface area (Å²) in [6.45, 7) is 0.397. The molecule has 0 atom stereocenters. The minimum atomic E-state index is 0.397. The summed E-state index contributed by atoms with van der Waals surface area (Å²) in [7, 11) is 0. The van der Waals surface area contributed by atoms with Crippen molar-refractivity contribution in [2.75, 3.05) is 0 Å².